The molecule has 1 amide bonds. The monoisotopic (exact) mass is 314 g/mol. The molecule has 1 N–H and O–H groups in total. The number of hydrogen-bond donors (Lipinski definition) is 1. The summed E-state index contributed by atoms with van der Waals surface area (Å²) in [6.07, 6.45) is 0.986. The molecule has 0 fully saturated rings. The molecule has 0 aliphatic rings. The lowest BCUT2D eigenvalue weighted by Crippen LogP contribution is -2.23. The van der Waals surface area contributed by atoms with E-state index in [2.05, 4.69) is 31.1 Å². The molecule has 124 valence electrons. The maximum atomic E-state index is 12.0. The molecule has 0 aliphatic carbocycles. The maximum absolute atomic E-state index is 12.0. The number of rotatable bonds is 5. The van der Waals surface area contributed by atoms with Crippen LogP contribution in [0.1, 0.15) is 55.7 Å². The van der Waals surface area contributed by atoms with Crippen molar-refractivity contribution in [2.45, 2.75) is 59.4 Å². The van der Waals surface area contributed by atoms with Crippen LogP contribution < -0.4 is 5.32 Å². The number of nitrogens with zero attached hydrogens (tertiary/aromatic N) is 1. The van der Waals surface area contributed by atoms with Crippen molar-refractivity contribution in [2.75, 3.05) is 0 Å². The second-order valence-electron chi connectivity index (χ2n) is 7.04. The van der Waals surface area contributed by atoms with Gasteiger partial charge in [-0.2, -0.15) is 0 Å². The minimum absolute atomic E-state index is 0.0266. The third-order valence-corrected chi connectivity index (χ3v) is 3.72. The van der Waals surface area contributed by atoms with Gasteiger partial charge in [0.25, 0.3) is 0 Å². The molecule has 0 aliphatic heterocycles. The van der Waals surface area contributed by atoms with Crippen molar-refractivity contribution in [3.8, 4) is 0 Å². The quantitative estimate of drug-likeness (QED) is 0.912. The van der Waals surface area contributed by atoms with Crippen molar-refractivity contribution < 1.29 is 9.21 Å². The molecule has 0 saturated heterocycles. The van der Waals surface area contributed by atoms with Crippen molar-refractivity contribution in [1.82, 2.24) is 10.3 Å². The Hall–Kier alpha value is -2.10. The highest BCUT2D eigenvalue weighted by Crippen LogP contribution is 2.24. The summed E-state index contributed by atoms with van der Waals surface area (Å²) in [5.74, 6) is 1.56. The zero-order chi connectivity index (χ0) is 17.0. The normalized spacial score (nSPS) is 11.5. The fourth-order valence-corrected chi connectivity index (χ4v) is 2.20. The van der Waals surface area contributed by atoms with Crippen molar-refractivity contribution in [3.05, 3.63) is 52.7 Å². The van der Waals surface area contributed by atoms with Gasteiger partial charge in [0.05, 0.1) is 5.69 Å². The van der Waals surface area contributed by atoms with Crippen LogP contribution in [0.15, 0.2) is 28.7 Å². The SMILES string of the molecule is Cc1ccc(CNC(=O)CCc2oc(C(C)(C)C)nc2C)cc1. The van der Waals surface area contributed by atoms with Crippen LogP contribution in [0.5, 0.6) is 0 Å². The van der Waals surface area contributed by atoms with Gasteiger partial charge in [-0.05, 0) is 19.4 Å². The lowest BCUT2D eigenvalue weighted by Gasteiger charge is -2.12. The number of carbonyl (C=O) groups is 1. The summed E-state index contributed by atoms with van der Waals surface area (Å²) in [5.41, 5.74) is 3.09. The van der Waals surface area contributed by atoms with E-state index in [0.29, 0.717) is 19.4 Å². The summed E-state index contributed by atoms with van der Waals surface area (Å²) < 4.78 is 5.81. The Bertz CT molecular complexity index is 664. The fourth-order valence-electron chi connectivity index (χ4n) is 2.20. The molecular weight excluding hydrogens is 288 g/mol. The van der Waals surface area contributed by atoms with Crippen LogP contribution >= 0.6 is 0 Å². The zero-order valence-corrected chi connectivity index (χ0v) is 14.7. The second kappa shape index (κ2) is 6.99. The van der Waals surface area contributed by atoms with Crippen LogP contribution in [0.3, 0.4) is 0 Å². The lowest BCUT2D eigenvalue weighted by molar-refractivity contribution is -0.121. The Labute approximate surface area is 138 Å². The van der Waals surface area contributed by atoms with Crippen LogP contribution in [0.4, 0.5) is 0 Å². The number of aryl methyl sites for hydroxylation is 3. The third kappa shape index (κ3) is 4.95. The average Bonchev–Trinajstić information content (AvgIpc) is 2.86. The van der Waals surface area contributed by atoms with Gasteiger partial charge in [0.1, 0.15) is 5.76 Å². The smallest absolute Gasteiger partial charge is 0.220 e. The molecule has 0 bridgehead atoms. The van der Waals surface area contributed by atoms with Gasteiger partial charge in [0.2, 0.25) is 5.91 Å². The van der Waals surface area contributed by atoms with Gasteiger partial charge in [-0.15, -0.1) is 0 Å². The van der Waals surface area contributed by atoms with Gasteiger partial charge in [0, 0.05) is 24.8 Å². The standard InChI is InChI=1S/C19H26N2O2/c1-13-6-8-15(9-7-13)12-20-17(22)11-10-16-14(2)21-18(23-16)19(3,4)5/h6-9H,10-12H2,1-5H3,(H,20,22). The molecule has 1 aromatic heterocycles. The maximum Gasteiger partial charge on any atom is 0.220 e. The molecule has 0 radical (unpaired) electrons. The molecule has 4 nitrogen and oxygen atoms in total. The molecule has 0 spiro atoms. The molecule has 4 heteroatoms. The van der Waals surface area contributed by atoms with Crippen molar-refractivity contribution in [2.24, 2.45) is 0 Å². The van der Waals surface area contributed by atoms with E-state index in [0.717, 1.165) is 22.9 Å². The van der Waals surface area contributed by atoms with E-state index in [1.807, 2.05) is 38.1 Å². The number of oxazole rings is 1. The Kier molecular flexibility index (Phi) is 5.24. The van der Waals surface area contributed by atoms with E-state index >= 15 is 0 Å². The van der Waals surface area contributed by atoms with E-state index in [4.69, 9.17) is 4.42 Å². The highest BCUT2D eigenvalue weighted by atomic mass is 16.4. The van der Waals surface area contributed by atoms with E-state index in [1.54, 1.807) is 0 Å². The number of carbonyl (C=O) groups excluding carboxylic acids is 1. The molecule has 1 heterocycles. The number of benzene rings is 1. The van der Waals surface area contributed by atoms with E-state index in [9.17, 15) is 4.79 Å². The number of amides is 1. The summed E-state index contributed by atoms with van der Waals surface area (Å²) in [4.78, 5) is 16.5. The van der Waals surface area contributed by atoms with Crippen LogP contribution in [-0.2, 0) is 23.2 Å². The molecule has 0 unspecified atom stereocenters. The molecule has 23 heavy (non-hydrogen) atoms. The minimum atomic E-state index is -0.114. The largest absolute Gasteiger partial charge is 0.445 e. The zero-order valence-electron chi connectivity index (χ0n) is 14.7. The summed E-state index contributed by atoms with van der Waals surface area (Å²) >= 11 is 0. The number of nitrogens with one attached hydrogen (secondary N) is 1. The van der Waals surface area contributed by atoms with E-state index < -0.39 is 0 Å². The molecule has 1 aromatic carbocycles. The molecule has 0 atom stereocenters. The minimum Gasteiger partial charge on any atom is -0.445 e. The first-order valence-corrected chi connectivity index (χ1v) is 8.05. The van der Waals surface area contributed by atoms with Crippen LogP contribution in [0.25, 0.3) is 0 Å². The van der Waals surface area contributed by atoms with E-state index in [-0.39, 0.29) is 11.3 Å². The predicted molar refractivity (Wildman–Crippen MR) is 91.3 cm³/mol. The van der Waals surface area contributed by atoms with Gasteiger partial charge >= 0.3 is 0 Å². The Balaban J connectivity index is 1.85. The third-order valence-electron chi connectivity index (χ3n) is 3.72. The summed E-state index contributed by atoms with van der Waals surface area (Å²) in [7, 11) is 0. The van der Waals surface area contributed by atoms with Crippen LogP contribution in [0, 0.1) is 13.8 Å². The number of hydrogen-bond acceptors (Lipinski definition) is 3. The Morgan fingerprint density at radius 1 is 1.17 bits per heavy atom. The molecule has 2 rings (SSSR count). The summed E-state index contributed by atoms with van der Waals surface area (Å²) in [5, 5.41) is 2.94. The van der Waals surface area contributed by atoms with Crippen LogP contribution in [-0.4, -0.2) is 10.9 Å². The first-order valence-electron chi connectivity index (χ1n) is 8.05. The fraction of sp³-hybridized carbons (Fsp3) is 0.474. The van der Waals surface area contributed by atoms with Crippen molar-refractivity contribution in [3.63, 3.8) is 0 Å². The van der Waals surface area contributed by atoms with Gasteiger partial charge < -0.3 is 9.73 Å². The first-order chi connectivity index (χ1) is 10.8. The Morgan fingerprint density at radius 3 is 2.39 bits per heavy atom. The topological polar surface area (TPSA) is 55.1 Å². The highest BCUT2D eigenvalue weighted by molar-refractivity contribution is 5.76. The Morgan fingerprint density at radius 2 is 1.83 bits per heavy atom. The van der Waals surface area contributed by atoms with Gasteiger partial charge in [-0.1, -0.05) is 50.6 Å². The summed E-state index contributed by atoms with van der Waals surface area (Å²) in [6.45, 7) is 10.7. The first kappa shape index (κ1) is 17.3. The lowest BCUT2D eigenvalue weighted by atomic mass is 9.97. The predicted octanol–water partition coefficient (Wildman–Crippen LogP) is 3.84. The summed E-state index contributed by atoms with van der Waals surface area (Å²) in [6, 6.07) is 8.17. The van der Waals surface area contributed by atoms with Crippen molar-refractivity contribution >= 4 is 5.91 Å². The van der Waals surface area contributed by atoms with Crippen LogP contribution in [0.2, 0.25) is 0 Å². The number of aromatic nitrogens is 1. The van der Waals surface area contributed by atoms with Gasteiger partial charge in [0.15, 0.2) is 5.89 Å². The average molecular weight is 314 g/mol. The van der Waals surface area contributed by atoms with Crippen molar-refractivity contribution in [1.29, 1.82) is 0 Å². The van der Waals surface area contributed by atoms with Gasteiger partial charge in [-0.3, -0.25) is 4.79 Å². The second-order valence-corrected chi connectivity index (χ2v) is 7.04. The van der Waals surface area contributed by atoms with Gasteiger partial charge in [-0.25, -0.2) is 4.98 Å². The molecule has 2 aromatic rings. The van der Waals surface area contributed by atoms with E-state index in [1.165, 1.54) is 5.56 Å². The molecule has 0 saturated carbocycles. The highest BCUT2D eigenvalue weighted by Gasteiger charge is 2.22. The molecular formula is C19H26N2O2.